The molecular formula is C62H43N. The van der Waals surface area contributed by atoms with Gasteiger partial charge in [0, 0.05) is 16.9 Å². The van der Waals surface area contributed by atoms with Gasteiger partial charge in [-0.15, -0.1) is 0 Å². The van der Waals surface area contributed by atoms with Crippen molar-refractivity contribution in [2.24, 2.45) is 0 Å². The number of hydrogen-bond acceptors (Lipinski definition) is 1. The van der Waals surface area contributed by atoms with E-state index in [0.29, 0.717) is 0 Å². The summed E-state index contributed by atoms with van der Waals surface area (Å²) < 4.78 is 0. The number of hydrogen-bond donors (Lipinski definition) is 0. The number of fused-ring (bicyclic) bond motifs is 2. The van der Waals surface area contributed by atoms with Gasteiger partial charge in [0.05, 0.1) is 5.69 Å². The lowest BCUT2D eigenvalue weighted by Crippen LogP contribution is -2.11. The SMILES string of the molecule is c1ccc(-c2ccc(N(c3ccc(-c4ccc(-c5ccc6ccccc6c5)cc4)cc3)c3ccc(-c4c(-c5ccccc5)ccc5ccccc45)cc3)c(-c3ccccc3)c2)cc1. The highest BCUT2D eigenvalue weighted by atomic mass is 15.1. The van der Waals surface area contributed by atoms with Crippen LogP contribution in [0.1, 0.15) is 0 Å². The quantitative estimate of drug-likeness (QED) is 0.141. The predicted octanol–water partition coefficient (Wildman–Crippen LogP) is 17.5. The van der Waals surface area contributed by atoms with E-state index in [1.165, 1.54) is 82.7 Å². The van der Waals surface area contributed by atoms with E-state index in [-0.39, 0.29) is 0 Å². The van der Waals surface area contributed by atoms with Crippen molar-refractivity contribution in [3.63, 3.8) is 0 Å². The molecule has 1 nitrogen and oxygen atoms in total. The van der Waals surface area contributed by atoms with Gasteiger partial charge in [-0.2, -0.15) is 0 Å². The number of rotatable bonds is 9. The van der Waals surface area contributed by atoms with E-state index in [4.69, 9.17) is 0 Å². The molecule has 0 heterocycles. The van der Waals surface area contributed by atoms with E-state index in [1.807, 2.05) is 0 Å². The third-order valence-electron chi connectivity index (χ3n) is 12.3. The third-order valence-corrected chi connectivity index (χ3v) is 12.3. The van der Waals surface area contributed by atoms with Crippen LogP contribution in [0.25, 0.3) is 88.3 Å². The molecule has 0 aliphatic carbocycles. The molecule has 0 aromatic heterocycles. The first-order valence-electron chi connectivity index (χ1n) is 21.7. The largest absolute Gasteiger partial charge is 0.310 e. The Morgan fingerprint density at radius 2 is 0.635 bits per heavy atom. The highest BCUT2D eigenvalue weighted by Gasteiger charge is 2.20. The molecule has 0 bridgehead atoms. The van der Waals surface area contributed by atoms with Crippen LogP contribution in [0.5, 0.6) is 0 Å². The predicted molar refractivity (Wildman–Crippen MR) is 269 cm³/mol. The molecule has 0 aliphatic heterocycles. The maximum Gasteiger partial charge on any atom is 0.0540 e. The van der Waals surface area contributed by atoms with Gasteiger partial charge < -0.3 is 4.90 Å². The second kappa shape index (κ2) is 16.7. The fraction of sp³-hybridized carbons (Fsp3) is 0. The van der Waals surface area contributed by atoms with Gasteiger partial charge in [0.1, 0.15) is 0 Å². The summed E-state index contributed by atoms with van der Waals surface area (Å²) in [5.74, 6) is 0. The fourth-order valence-corrected chi connectivity index (χ4v) is 9.06. The second-order valence-electron chi connectivity index (χ2n) is 16.1. The standard InChI is InChI=1S/C62H43N/c1-4-14-44(15-5-1)55-35-41-61(60(43-55)50-19-8-3-9-20-50)63(56-36-30-47(31-37-56)46-24-26-48(27-25-46)54-29-28-45-16-10-11-22-53(45)42-54)57-38-32-52(33-39-57)62-58-23-13-12-21-51(58)34-40-59(62)49-17-6-2-7-18-49/h1-43H. The maximum atomic E-state index is 2.41. The zero-order valence-electron chi connectivity index (χ0n) is 34.8. The van der Waals surface area contributed by atoms with Gasteiger partial charge in [0.25, 0.3) is 0 Å². The summed E-state index contributed by atoms with van der Waals surface area (Å²) in [6.45, 7) is 0. The third kappa shape index (κ3) is 7.47. The smallest absolute Gasteiger partial charge is 0.0540 e. The average Bonchev–Trinajstić information content (AvgIpc) is 3.37. The lowest BCUT2D eigenvalue weighted by Gasteiger charge is -2.29. The van der Waals surface area contributed by atoms with Crippen LogP contribution in [-0.2, 0) is 0 Å². The Kier molecular flexibility index (Phi) is 9.97. The van der Waals surface area contributed by atoms with Gasteiger partial charge in [0.15, 0.2) is 0 Å². The van der Waals surface area contributed by atoms with Crippen LogP contribution in [0.4, 0.5) is 17.1 Å². The Balaban J connectivity index is 1.02. The second-order valence-corrected chi connectivity index (χ2v) is 16.1. The summed E-state index contributed by atoms with van der Waals surface area (Å²) in [6.07, 6.45) is 0. The van der Waals surface area contributed by atoms with Crippen molar-refractivity contribution in [3.05, 3.63) is 261 Å². The lowest BCUT2D eigenvalue weighted by atomic mass is 9.89. The van der Waals surface area contributed by atoms with Crippen LogP contribution in [0, 0.1) is 0 Å². The molecule has 63 heavy (non-hydrogen) atoms. The molecule has 0 N–H and O–H groups in total. The van der Waals surface area contributed by atoms with Crippen LogP contribution < -0.4 is 4.90 Å². The van der Waals surface area contributed by atoms with Crippen molar-refractivity contribution in [1.29, 1.82) is 0 Å². The average molecular weight is 802 g/mol. The molecular weight excluding hydrogens is 759 g/mol. The van der Waals surface area contributed by atoms with E-state index in [0.717, 1.165) is 22.6 Å². The Hall–Kier alpha value is -8.26. The van der Waals surface area contributed by atoms with E-state index in [1.54, 1.807) is 0 Å². The molecule has 296 valence electrons. The first-order valence-corrected chi connectivity index (χ1v) is 21.7. The summed E-state index contributed by atoms with van der Waals surface area (Å²) >= 11 is 0. The molecule has 11 aromatic carbocycles. The summed E-state index contributed by atoms with van der Waals surface area (Å²) in [5, 5.41) is 4.98. The Bertz CT molecular complexity index is 3340. The Morgan fingerprint density at radius 1 is 0.222 bits per heavy atom. The molecule has 0 aliphatic rings. The highest BCUT2D eigenvalue weighted by molar-refractivity contribution is 6.04. The van der Waals surface area contributed by atoms with Crippen LogP contribution in [0.2, 0.25) is 0 Å². The molecule has 0 saturated carbocycles. The van der Waals surface area contributed by atoms with E-state index < -0.39 is 0 Å². The van der Waals surface area contributed by atoms with Crippen LogP contribution >= 0.6 is 0 Å². The van der Waals surface area contributed by atoms with E-state index >= 15 is 0 Å². The topological polar surface area (TPSA) is 3.24 Å². The van der Waals surface area contributed by atoms with Gasteiger partial charge in [-0.3, -0.25) is 0 Å². The molecule has 0 atom stereocenters. The molecule has 11 rings (SSSR count). The van der Waals surface area contributed by atoms with Crippen molar-refractivity contribution in [1.82, 2.24) is 0 Å². The minimum atomic E-state index is 1.08. The van der Waals surface area contributed by atoms with Crippen LogP contribution in [-0.4, -0.2) is 0 Å². The fourth-order valence-electron chi connectivity index (χ4n) is 9.06. The molecule has 0 saturated heterocycles. The van der Waals surface area contributed by atoms with E-state index in [9.17, 15) is 0 Å². The van der Waals surface area contributed by atoms with Gasteiger partial charge in [-0.1, -0.05) is 218 Å². The summed E-state index contributed by atoms with van der Waals surface area (Å²) in [4.78, 5) is 2.41. The molecule has 1 heteroatoms. The summed E-state index contributed by atoms with van der Waals surface area (Å²) in [6, 6.07) is 94.7. The first kappa shape index (κ1) is 37.7. The molecule has 0 unspecified atom stereocenters. The summed E-state index contributed by atoms with van der Waals surface area (Å²) in [7, 11) is 0. The van der Waals surface area contributed by atoms with Crippen LogP contribution in [0.3, 0.4) is 0 Å². The van der Waals surface area contributed by atoms with Crippen molar-refractivity contribution < 1.29 is 0 Å². The number of benzene rings is 11. The minimum absolute atomic E-state index is 1.08. The Labute approximate surface area is 369 Å². The van der Waals surface area contributed by atoms with E-state index in [2.05, 4.69) is 266 Å². The minimum Gasteiger partial charge on any atom is -0.310 e. The van der Waals surface area contributed by atoms with Gasteiger partial charge in [0.2, 0.25) is 0 Å². The molecule has 0 radical (unpaired) electrons. The zero-order valence-corrected chi connectivity index (χ0v) is 34.8. The van der Waals surface area contributed by atoms with Gasteiger partial charge in [-0.05, 0) is 125 Å². The first-order chi connectivity index (χ1) is 31.2. The molecule has 0 amide bonds. The zero-order chi connectivity index (χ0) is 42.0. The lowest BCUT2D eigenvalue weighted by molar-refractivity contribution is 1.28. The Morgan fingerprint density at radius 3 is 1.27 bits per heavy atom. The van der Waals surface area contributed by atoms with Crippen molar-refractivity contribution in [2.45, 2.75) is 0 Å². The normalized spacial score (nSPS) is 11.2. The van der Waals surface area contributed by atoms with Crippen molar-refractivity contribution >= 4 is 38.6 Å². The number of anilines is 3. The van der Waals surface area contributed by atoms with Gasteiger partial charge in [-0.25, -0.2) is 0 Å². The molecule has 11 aromatic rings. The van der Waals surface area contributed by atoms with Crippen molar-refractivity contribution in [2.75, 3.05) is 4.90 Å². The van der Waals surface area contributed by atoms with Gasteiger partial charge >= 0.3 is 0 Å². The van der Waals surface area contributed by atoms with Crippen LogP contribution in [0.15, 0.2) is 261 Å². The maximum absolute atomic E-state index is 2.41. The summed E-state index contributed by atoms with van der Waals surface area (Å²) in [5.41, 5.74) is 17.6. The number of nitrogens with zero attached hydrogens (tertiary/aromatic N) is 1. The highest BCUT2D eigenvalue weighted by Crippen LogP contribution is 2.45. The molecule has 0 fully saturated rings. The monoisotopic (exact) mass is 801 g/mol. The van der Waals surface area contributed by atoms with Crippen molar-refractivity contribution in [3.8, 4) is 66.8 Å². The molecule has 0 spiro atoms.